The van der Waals surface area contributed by atoms with Crippen molar-refractivity contribution in [3.05, 3.63) is 38.8 Å². The van der Waals surface area contributed by atoms with Gasteiger partial charge >= 0.3 is 5.97 Å². The summed E-state index contributed by atoms with van der Waals surface area (Å²) in [6, 6.07) is 1.27. The van der Waals surface area contributed by atoms with Crippen molar-refractivity contribution in [2.45, 2.75) is 26.3 Å². The molecule has 18 heavy (non-hydrogen) atoms. The van der Waals surface area contributed by atoms with E-state index in [-0.39, 0.29) is 12.3 Å². The van der Waals surface area contributed by atoms with E-state index in [1.165, 1.54) is 6.92 Å². The first-order valence-corrected chi connectivity index (χ1v) is 5.50. The maximum atomic E-state index is 11.6. The van der Waals surface area contributed by atoms with Crippen LogP contribution in [-0.2, 0) is 9.53 Å². The van der Waals surface area contributed by atoms with E-state index in [1.54, 1.807) is 0 Å². The topological polar surface area (TPSA) is 91.4 Å². The maximum Gasteiger partial charge on any atom is 0.328 e. The second kappa shape index (κ2) is 5.95. The maximum absolute atomic E-state index is 11.6. The van der Waals surface area contributed by atoms with E-state index in [4.69, 9.17) is 4.74 Å². The molecule has 0 fully saturated rings. The molecule has 0 aliphatic heterocycles. The first-order chi connectivity index (χ1) is 8.47. The smallest absolute Gasteiger partial charge is 0.328 e. The highest BCUT2D eigenvalue weighted by atomic mass is 16.6. The van der Waals surface area contributed by atoms with Gasteiger partial charge in [-0.05, 0) is 13.3 Å². The van der Waals surface area contributed by atoms with Gasteiger partial charge in [-0.3, -0.25) is 19.5 Å². The summed E-state index contributed by atoms with van der Waals surface area (Å²) in [6.07, 6.45) is 1.71. The largest absolute Gasteiger partial charge is 0.464 e. The fourth-order valence-corrected chi connectivity index (χ4v) is 1.34. The van der Waals surface area contributed by atoms with Gasteiger partial charge < -0.3 is 4.74 Å². The van der Waals surface area contributed by atoms with Gasteiger partial charge in [-0.15, -0.1) is 0 Å². The molecule has 7 nitrogen and oxygen atoms in total. The van der Waals surface area contributed by atoms with Gasteiger partial charge in [0, 0.05) is 12.1 Å². The van der Waals surface area contributed by atoms with Crippen molar-refractivity contribution in [1.82, 2.24) is 4.57 Å². The van der Waals surface area contributed by atoms with Gasteiger partial charge in [-0.2, -0.15) is 0 Å². The second-order valence-corrected chi connectivity index (χ2v) is 3.73. The molecule has 0 aliphatic carbocycles. The SMILES string of the molecule is CCCOC(=O)C(C)n1cc([N+](=O)[O-])ccc1=O. The third-order valence-corrected chi connectivity index (χ3v) is 2.34. The van der Waals surface area contributed by atoms with Crippen molar-refractivity contribution >= 4 is 11.7 Å². The van der Waals surface area contributed by atoms with Crippen LogP contribution in [0.2, 0.25) is 0 Å². The van der Waals surface area contributed by atoms with Crippen LogP contribution in [0.3, 0.4) is 0 Å². The molecule has 0 aromatic carbocycles. The number of carbonyl (C=O) groups excluding carboxylic acids is 1. The van der Waals surface area contributed by atoms with Gasteiger partial charge in [-0.25, -0.2) is 4.79 Å². The highest BCUT2D eigenvalue weighted by Gasteiger charge is 2.19. The lowest BCUT2D eigenvalue weighted by molar-refractivity contribution is -0.385. The third kappa shape index (κ3) is 3.16. The van der Waals surface area contributed by atoms with Gasteiger partial charge in [0.05, 0.1) is 17.7 Å². The summed E-state index contributed by atoms with van der Waals surface area (Å²) in [4.78, 5) is 33.1. The summed E-state index contributed by atoms with van der Waals surface area (Å²) in [6.45, 7) is 3.56. The highest BCUT2D eigenvalue weighted by molar-refractivity contribution is 5.73. The minimum absolute atomic E-state index is 0.246. The van der Waals surface area contributed by atoms with Crippen LogP contribution < -0.4 is 5.56 Å². The van der Waals surface area contributed by atoms with Crippen molar-refractivity contribution in [3.8, 4) is 0 Å². The Labute approximate surface area is 103 Å². The number of rotatable bonds is 5. The number of nitrogens with zero attached hydrogens (tertiary/aromatic N) is 2. The monoisotopic (exact) mass is 254 g/mol. The molecule has 1 rings (SSSR count). The molecule has 1 unspecified atom stereocenters. The molecule has 0 saturated heterocycles. The molecule has 0 amide bonds. The van der Waals surface area contributed by atoms with Gasteiger partial charge in [0.15, 0.2) is 0 Å². The van der Waals surface area contributed by atoms with Crippen LogP contribution in [0.25, 0.3) is 0 Å². The highest BCUT2D eigenvalue weighted by Crippen LogP contribution is 2.12. The number of hydrogen-bond donors (Lipinski definition) is 0. The standard InChI is InChI=1S/C11H14N2O5/c1-3-6-18-11(15)8(2)12-7-9(13(16)17)4-5-10(12)14/h4-5,7-8H,3,6H2,1-2H3. The molecule has 0 radical (unpaired) electrons. The minimum atomic E-state index is -0.885. The van der Waals surface area contributed by atoms with E-state index in [0.717, 1.165) is 22.9 Å². The van der Waals surface area contributed by atoms with E-state index < -0.39 is 22.5 Å². The zero-order chi connectivity index (χ0) is 13.7. The van der Waals surface area contributed by atoms with Gasteiger partial charge in [-0.1, -0.05) is 6.92 Å². The molecular formula is C11H14N2O5. The van der Waals surface area contributed by atoms with Crippen molar-refractivity contribution in [1.29, 1.82) is 0 Å². The number of pyridine rings is 1. The van der Waals surface area contributed by atoms with Crippen LogP contribution in [0.4, 0.5) is 5.69 Å². The summed E-state index contributed by atoms with van der Waals surface area (Å²) in [5.41, 5.74) is -0.730. The Morgan fingerprint density at radius 1 is 1.56 bits per heavy atom. The molecule has 0 saturated carbocycles. The predicted octanol–water partition coefficient (Wildman–Crippen LogP) is 1.27. The average Bonchev–Trinajstić information content (AvgIpc) is 2.35. The molecule has 1 heterocycles. The van der Waals surface area contributed by atoms with Crippen LogP contribution in [0.15, 0.2) is 23.1 Å². The molecule has 0 N–H and O–H groups in total. The third-order valence-electron chi connectivity index (χ3n) is 2.34. The lowest BCUT2D eigenvalue weighted by Crippen LogP contribution is -2.28. The summed E-state index contributed by atoms with van der Waals surface area (Å²) in [5, 5.41) is 10.6. The minimum Gasteiger partial charge on any atom is -0.464 e. The quantitative estimate of drug-likeness (QED) is 0.448. The van der Waals surface area contributed by atoms with Gasteiger partial charge in [0.25, 0.3) is 11.2 Å². The van der Waals surface area contributed by atoms with Gasteiger partial charge in [0.1, 0.15) is 6.04 Å². The number of esters is 1. The zero-order valence-corrected chi connectivity index (χ0v) is 10.2. The Bertz CT molecular complexity index is 508. The lowest BCUT2D eigenvalue weighted by Gasteiger charge is -2.13. The van der Waals surface area contributed by atoms with E-state index in [2.05, 4.69) is 0 Å². The van der Waals surface area contributed by atoms with E-state index in [1.807, 2.05) is 6.92 Å². The van der Waals surface area contributed by atoms with E-state index >= 15 is 0 Å². The average molecular weight is 254 g/mol. The van der Waals surface area contributed by atoms with Crippen molar-refractivity contribution < 1.29 is 14.5 Å². The number of carbonyl (C=O) groups is 1. The van der Waals surface area contributed by atoms with Gasteiger partial charge in [0.2, 0.25) is 0 Å². The zero-order valence-electron chi connectivity index (χ0n) is 10.2. The van der Waals surface area contributed by atoms with Crippen molar-refractivity contribution in [2.24, 2.45) is 0 Å². The number of nitro groups is 1. The Balaban J connectivity index is 3.00. The van der Waals surface area contributed by atoms with Crippen molar-refractivity contribution in [2.75, 3.05) is 6.61 Å². The number of hydrogen-bond acceptors (Lipinski definition) is 5. The Morgan fingerprint density at radius 3 is 2.78 bits per heavy atom. The first kappa shape index (κ1) is 13.9. The fourth-order valence-electron chi connectivity index (χ4n) is 1.34. The number of ether oxygens (including phenoxy) is 1. The second-order valence-electron chi connectivity index (χ2n) is 3.73. The van der Waals surface area contributed by atoms with Crippen LogP contribution in [0.5, 0.6) is 0 Å². The summed E-state index contributed by atoms with van der Waals surface area (Å²) in [5.74, 6) is -0.584. The molecule has 1 atom stereocenters. The lowest BCUT2D eigenvalue weighted by atomic mass is 10.3. The Morgan fingerprint density at radius 2 is 2.22 bits per heavy atom. The predicted molar refractivity (Wildman–Crippen MR) is 63.3 cm³/mol. The Kier molecular flexibility index (Phi) is 4.59. The molecule has 98 valence electrons. The molecule has 1 aromatic heterocycles. The molecule has 0 aliphatic rings. The molecule has 0 spiro atoms. The van der Waals surface area contributed by atoms with Crippen LogP contribution in [0.1, 0.15) is 26.3 Å². The van der Waals surface area contributed by atoms with E-state index in [0.29, 0.717) is 6.42 Å². The normalized spacial score (nSPS) is 11.9. The van der Waals surface area contributed by atoms with Crippen LogP contribution in [0, 0.1) is 10.1 Å². The summed E-state index contributed by atoms with van der Waals surface area (Å²) in [7, 11) is 0. The fraction of sp³-hybridized carbons (Fsp3) is 0.455. The van der Waals surface area contributed by atoms with Crippen LogP contribution >= 0.6 is 0 Å². The number of aromatic nitrogens is 1. The first-order valence-electron chi connectivity index (χ1n) is 5.50. The molecule has 1 aromatic rings. The molecular weight excluding hydrogens is 240 g/mol. The Hall–Kier alpha value is -2.18. The molecule has 0 bridgehead atoms. The summed E-state index contributed by atoms with van der Waals surface area (Å²) >= 11 is 0. The van der Waals surface area contributed by atoms with Crippen LogP contribution in [-0.4, -0.2) is 22.1 Å². The molecule has 7 heteroatoms. The summed E-state index contributed by atoms with van der Waals surface area (Å²) < 4.78 is 5.89. The van der Waals surface area contributed by atoms with Crippen molar-refractivity contribution in [3.63, 3.8) is 0 Å². The van der Waals surface area contributed by atoms with E-state index in [9.17, 15) is 19.7 Å².